The van der Waals surface area contributed by atoms with Crippen molar-refractivity contribution < 1.29 is 4.79 Å². The number of carbonyl (C=O) groups is 1. The molecule has 0 aliphatic carbocycles. The van der Waals surface area contributed by atoms with Gasteiger partial charge in [-0.15, -0.1) is 0 Å². The Morgan fingerprint density at radius 3 is 2.53 bits per heavy atom. The second-order valence-corrected chi connectivity index (χ2v) is 5.43. The molecule has 94 valence electrons. The van der Waals surface area contributed by atoms with Crippen LogP contribution in [0.1, 0.15) is 45.1 Å². The Labute approximate surface area is 103 Å². The fraction of sp³-hybridized carbons (Fsp3) is 0.538. The van der Waals surface area contributed by atoms with E-state index in [4.69, 9.17) is 0 Å². The van der Waals surface area contributed by atoms with Crippen molar-refractivity contribution in [3.05, 3.63) is 24.0 Å². The standard InChI is InChI=1S/C13H21N3O/c1-9(2)15-12(17)11-8-10(6-7-14-11)16-13(3,4)5/h6-9H,1-5H3,(H,14,16)(H,15,17). The Bertz CT molecular complexity index is 394. The van der Waals surface area contributed by atoms with Crippen molar-refractivity contribution in [3.8, 4) is 0 Å². The van der Waals surface area contributed by atoms with E-state index in [2.05, 4.69) is 36.4 Å². The summed E-state index contributed by atoms with van der Waals surface area (Å²) < 4.78 is 0. The Morgan fingerprint density at radius 2 is 2.00 bits per heavy atom. The monoisotopic (exact) mass is 235 g/mol. The molecule has 0 aliphatic heterocycles. The van der Waals surface area contributed by atoms with Crippen molar-refractivity contribution in [1.29, 1.82) is 0 Å². The molecular formula is C13H21N3O. The van der Waals surface area contributed by atoms with Crippen LogP contribution in [0.5, 0.6) is 0 Å². The highest BCUT2D eigenvalue weighted by Gasteiger charge is 2.12. The third-order valence-electron chi connectivity index (χ3n) is 1.93. The van der Waals surface area contributed by atoms with Crippen molar-refractivity contribution in [2.45, 2.75) is 46.2 Å². The van der Waals surface area contributed by atoms with E-state index >= 15 is 0 Å². The maximum absolute atomic E-state index is 11.8. The fourth-order valence-corrected chi connectivity index (χ4v) is 1.40. The molecule has 1 rings (SSSR count). The first-order valence-electron chi connectivity index (χ1n) is 5.83. The van der Waals surface area contributed by atoms with Crippen LogP contribution in [0, 0.1) is 0 Å². The molecule has 0 bridgehead atoms. The summed E-state index contributed by atoms with van der Waals surface area (Å²) in [6, 6.07) is 3.74. The van der Waals surface area contributed by atoms with E-state index in [9.17, 15) is 4.79 Å². The van der Waals surface area contributed by atoms with Gasteiger partial charge >= 0.3 is 0 Å². The van der Waals surface area contributed by atoms with Gasteiger partial charge in [0.05, 0.1) is 0 Å². The van der Waals surface area contributed by atoms with Gasteiger partial charge in [-0.05, 0) is 46.8 Å². The first kappa shape index (κ1) is 13.5. The molecule has 0 fully saturated rings. The fourth-order valence-electron chi connectivity index (χ4n) is 1.40. The van der Waals surface area contributed by atoms with Crippen molar-refractivity contribution in [2.75, 3.05) is 5.32 Å². The van der Waals surface area contributed by atoms with Gasteiger partial charge < -0.3 is 10.6 Å². The maximum atomic E-state index is 11.8. The number of nitrogens with zero attached hydrogens (tertiary/aromatic N) is 1. The van der Waals surface area contributed by atoms with Crippen molar-refractivity contribution >= 4 is 11.6 Å². The zero-order valence-electron chi connectivity index (χ0n) is 11.2. The quantitative estimate of drug-likeness (QED) is 0.846. The van der Waals surface area contributed by atoms with Crippen LogP contribution in [0.4, 0.5) is 5.69 Å². The molecule has 1 aromatic rings. The number of pyridine rings is 1. The lowest BCUT2D eigenvalue weighted by atomic mass is 10.1. The molecule has 0 atom stereocenters. The van der Waals surface area contributed by atoms with Crippen LogP contribution in [0.2, 0.25) is 0 Å². The molecule has 1 heterocycles. The first-order valence-corrected chi connectivity index (χ1v) is 5.83. The summed E-state index contributed by atoms with van der Waals surface area (Å²) in [6.07, 6.45) is 1.64. The maximum Gasteiger partial charge on any atom is 0.270 e. The summed E-state index contributed by atoms with van der Waals surface area (Å²) >= 11 is 0. The summed E-state index contributed by atoms with van der Waals surface area (Å²) in [5.74, 6) is -0.141. The summed E-state index contributed by atoms with van der Waals surface area (Å²) in [6.45, 7) is 10.1. The molecule has 0 aliphatic rings. The van der Waals surface area contributed by atoms with E-state index in [-0.39, 0.29) is 17.5 Å². The normalized spacial score (nSPS) is 11.4. The number of amides is 1. The van der Waals surface area contributed by atoms with Crippen LogP contribution in [0.25, 0.3) is 0 Å². The van der Waals surface area contributed by atoms with Crippen LogP contribution in [0.15, 0.2) is 18.3 Å². The van der Waals surface area contributed by atoms with Gasteiger partial charge in [-0.3, -0.25) is 9.78 Å². The van der Waals surface area contributed by atoms with Crippen LogP contribution in [-0.2, 0) is 0 Å². The Hall–Kier alpha value is -1.58. The van der Waals surface area contributed by atoms with Gasteiger partial charge in [-0.1, -0.05) is 0 Å². The molecule has 1 amide bonds. The molecule has 0 saturated carbocycles. The lowest BCUT2D eigenvalue weighted by molar-refractivity contribution is 0.0938. The second kappa shape index (κ2) is 5.17. The molecular weight excluding hydrogens is 214 g/mol. The van der Waals surface area contributed by atoms with Crippen molar-refractivity contribution in [2.24, 2.45) is 0 Å². The van der Waals surface area contributed by atoms with Crippen molar-refractivity contribution in [1.82, 2.24) is 10.3 Å². The second-order valence-electron chi connectivity index (χ2n) is 5.43. The number of aromatic nitrogens is 1. The largest absolute Gasteiger partial charge is 0.380 e. The van der Waals surface area contributed by atoms with E-state index in [1.54, 1.807) is 12.3 Å². The molecule has 0 radical (unpaired) electrons. The molecule has 0 spiro atoms. The van der Waals surface area contributed by atoms with Gasteiger partial charge in [0.1, 0.15) is 5.69 Å². The number of carbonyl (C=O) groups excluding carboxylic acids is 1. The highest BCUT2D eigenvalue weighted by Crippen LogP contribution is 2.14. The first-order chi connectivity index (χ1) is 7.78. The predicted molar refractivity (Wildman–Crippen MR) is 70.2 cm³/mol. The third kappa shape index (κ3) is 4.85. The summed E-state index contributed by atoms with van der Waals surface area (Å²) in [5, 5.41) is 6.13. The van der Waals surface area contributed by atoms with E-state index in [1.165, 1.54) is 0 Å². The van der Waals surface area contributed by atoms with Crippen molar-refractivity contribution in [3.63, 3.8) is 0 Å². The molecule has 0 unspecified atom stereocenters. The van der Waals surface area contributed by atoms with Gasteiger partial charge in [0.15, 0.2) is 0 Å². The predicted octanol–water partition coefficient (Wildman–Crippen LogP) is 2.43. The lowest BCUT2D eigenvalue weighted by Crippen LogP contribution is -2.31. The number of hydrogen-bond acceptors (Lipinski definition) is 3. The highest BCUT2D eigenvalue weighted by molar-refractivity contribution is 5.93. The average Bonchev–Trinajstić information content (AvgIpc) is 2.14. The molecule has 0 saturated heterocycles. The third-order valence-corrected chi connectivity index (χ3v) is 1.93. The van der Waals surface area contributed by atoms with Gasteiger partial charge in [-0.2, -0.15) is 0 Å². The van der Waals surface area contributed by atoms with E-state index in [1.807, 2.05) is 19.9 Å². The topological polar surface area (TPSA) is 54.0 Å². The zero-order valence-corrected chi connectivity index (χ0v) is 11.2. The molecule has 17 heavy (non-hydrogen) atoms. The minimum atomic E-state index is -0.141. The summed E-state index contributed by atoms with van der Waals surface area (Å²) in [5.41, 5.74) is 1.31. The van der Waals surface area contributed by atoms with E-state index < -0.39 is 0 Å². The zero-order chi connectivity index (χ0) is 13.1. The van der Waals surface area contributed by atoms with E-state index in [0.29, 0.717) is 5.69 Å². The van der Waals surface area contributed by atoms with Crippen LogP contribution < -0.4 is 10.6 Å². The Morgan fingerprint density at radius 1 is 1.35 bits per heavy atom. The molecule has 1 aromatic heterocycles. The summed E-state index contributed by atoms with van der Waals surface area (Å²) in [7, 11) is 0. The van der Waals surface area contributed by atoms with Gasteiger partial charge in [-0.25, -0.2) is 0 Å². The van der Waals surface area contributed by atoms with Crippen LogP contribution in [-0.4, -0.2) is 22.5 Å². The Kier molecular flexibility index (Phi) is 4.10. The molecule has 4 heteroatoms. The highest BCUT2D eigenvalue weighted by atomic mass is 16.1. The number of anilines is 1. The SMILES string of the molecule is CC(C)NC(=O)c1cc(NC(C)(C)C)ccn1. The average molecular weight is 235 g/mol. The Balaban J connectivity index is 2.82. The molecule has 4 nitrogen and oxygen atoms in total. The van der Waals surface area contributed by atoms with Gasteiger partial charge in [0, 0.05) is 23.5 Å². The molecule has 0 aromatic carbocycles. The van der Waals surface area contributed by atoms with Gasteiger partial charge in [0.25, 0.3) is 5.91 Å². The van der Waals surface area contributed by atoms with Crippen LogP contribution >= 0.6 is 0 Å². The number of hydrogen-bond donors (Lipinski definition) is 2. The summed E-state index contributed by atoms with van der Waals surface area (Å²) in [4.78, 5) is 15.8. The smallest absolute Gasteiger partial charge is 0.270 e. The van der Waals surface area contributed by atoms with E-state index in [0.717, 1.165) is 5.69 Å². The molecule has 2 N–H and O–H groups in total. The number of rotatable bonds is 3. The van der Waals surface area contributed by atoms with Gasteiger partial charge in [0.2, 0.25) is 0 Å². The lowest BCUT2D eigenvalue weighted by Gasteiger charge is -2.22. The minimum Gasteiger partial charge on any atom is -0.380 e. The van der Waals surface area contributed by atoms with Crippen LogP contribution in [0.3, 0.4) is 0 Å². The number of nitrogens with one attached hydrogen (secondary N) is 2. The minimum absolute atomic E-state index is 0.0346.